The van der Waals surface area contributed by atoms with E-state index in [9.17, 15) is 9.90 Å². The van der Waals surface area contributed by atoms with Crippen molar-refractivity contribution >= 4 is 5.97 Å². The van der Waals surface area contributed by atoms with Gasteiger partial charge in [0, 0.05) is 20.8 Å². The van der Waals surface area contributed by atoms with Crippen LogP contribution < -0.4 is 5.32 Å². The average Bonchev–Trinajstić information content (AvgIpc) is 2.29. The van der Waals surface area contributed by atoms with E-state index in [0.717, 1.165) is 19.3 Å². The van der Waals surface area contributed by atoms with Crippen molar-refractivity contribution in [3.63, 3.8) is 0 Å². The molecule has 2 N–H and O–H groups in total. The zero-order chi connectivity index (χ0) is 12.0. The van der Waals surface area contributed by atoms with Gasteiger partial charge in [-0.25, -0.2) is 0 Å². The maximum absolute atomic E-state index is 11.5. The van der Waals surface area contributed by atoms with Gasteiger partial charge in [0.25, 0.3) is 0 Å². The van der Waals surface area contributed by atoms with Crippen molar-refractivity contribution in [1.82, 2.24) is 5.32 Å². The Morgan fingerprint density at radius 1 is 1.50 bits per heavy atom. The smallest absolute Gasteiger partial charge is 0.326 e. The van der Waals surface area contributed by atoms with E-state index in [1.165, 1.54) is 0 Å². The molecule has 0 spiro atoms. The van der Waals surface area contributed by atoms with E-state index in [-0.39, 0.29) is 6.10 Å². The van der Waals surface area contributed by atoms with Crippen LogP contribution in [0.1, 0.15) is 25.7 Å². The summed E-state index contributed by atoms with van der Waals surface area (Å²) in [5.41, 5.74) is -0.939. The number of hydrogen-bond acceptors (Lipinski definition) is 4. The van der Waals surface area contributed by atoms with Gasteiger partial charge >= 0.3 is 5.97 Å². The first-order chi connectivity index (χ1) is 7.67. The molecule has 0 amide bonds. The van der Waals surface area contributed by atoms with Gasteiger partial charge in [-0.1, -0.05) is 12.8 Å². The molecule has 1 rings (SSSR count). The molecule has 0 aliphatic heterocycles. The molecular formula is C11H21NO4. The lowest BCUT2D eigenvalue weighted by molar-refractivity contribution is -0.154. The molecule has 0 aromatic carbocycles. The number of rotatable bonds is 6. The predicted molar refractivity (Wildman–Crippen MR) is 59.5 cm³/mol. The van der Waals surface area contributed by atoms with Gasteiger partial charge in [-0.2, -0.15) is 0 Å². The first kappa shape index (κ1) is 13.4. The second-order valence-corrected chi connectivity index (χ2v) is 4.17. The van der Waals surface area contributed by atoms with Crippen LogP contribution >= 0.6 is 0 Å². The molecule has 0 aromatic heterocycles. The molecule has 0 bridgehead atoms. The molecule has 1 aliphatic rings. The van der Waals surface area contributed by atoms with E-state index in [4.69, 9.17) is 9.47 Å². The maximum Gasteiger partial charge on any atom is 0.326 e. The highest BCUT2D eigenvalue weighted by molar-refractivity contribution is 5.80. The van der Waals surface area contributed by atoms with Crippen molar-refractivity contribution in [2.75, 3.05) is 27.4 Å². The van der Waals surface area contributed by atoms with E-state index in [1.54, 1.807) is 14.2 Å². The normalized spacial score (nSPS) is 30.2. The molecule has 94 valence electrons. The van der Waals surface area contributed by atoms with E-state index >= 15 is 0 Å². The molecule has 2 unspecified atom stereocenters. The minimum absolute atomic E-state index is 0.254. The van der Waals surface area contributed by atoms with Gasteiger partial charge in [0.15, 0.2) is 0 Å². The van der Waals surface area contributed by atoms with Crippen molar-refractivity contribution in [3.05, 3.63) is 0 Å². The molecule has 0 radical (unpaired) electrons. The van der Waals surface area contributed by atoms with Crippen LogP contribution in [0.4, 0.5) is 0 Å². The molecule has 16 heavy (non-hydrogen) atoms. The zero-order valence-electron chi connectivity index (χ0n) is 9.99. The van der Waals surface area contributed by atoms with Crippen LogP contribution in [0.5, 0.6) is 0 Å². The predicted octanol–water partition coefficient (Wildman–Crippen LogP) is 0.635. The number of carboxylic acids is 1. The highest BCUT2D eigenvalue weighted by Crippen LogP contribution is 2.30. The van der Waals surface area contributed by atoms with Gasteiger partial charge in [-0.05, 0) is 12.8 Å². The standard InChI is InChI=1S/C11H21NO4/c1-15-8-7-12-11(10(13)14)6-4-3-5-9(11)16-2/h9,12H,3-8H2,1-2H3,(H,13,14). The van der Waals surface area contributed by atoms with Crippen molar-refractivity contribution in [1.29, 1.82) is 0 Å². The lowest BCUT2D eigenvalue weighted by Gasteiger charge is -2.40. The molecule has 1 aliphatic carbocycles. The summed E-state index contributed by atoms with van der Waals surface area (Å²) in [6.45, 7) is 1.04. The highest BCUT2D eigenvalue weighted by atomic mass is 16.5. The second-order valence-electron chi connectivity index (χ2n) is 4.17. The Balaban J connectivity index is 2.71. The molecule has 5 heteroatoms. The number of hydrogen-bond donors (Lipinski definition) is 2. The van der Waals surface area contributed by atoms with E-state index < -0.39 is 11.5 Å². The number of ether oxygens (including phenoxy) is 2. The fourth-order valence-corrected chi connectivity index (χ4v) is 2.36. The van der Waals surface area contributed by atoms with Crippen molar-refractivity contribution in [2.45, 2.75) is 37.3 Å². The molecule has 0 heterocycles. The number of aliphatic carboxylic acids is 1. The van der Waals surface area contributed by atoms with Gasteiger partial charge in [0.2, 0.25) is 0 Å². The van der Waals surface area contributed by atoms with Crippen LogP contribution in [0.25, 0.3) is 0 Å². The fraction of sp³-hybridized carbons (Fsp3) is 0.909. The lowest BCUT2D eigenvalue weighted by Crippen LogP contribution is -2.62. The van der Waals surface area contributed by atoms with Crippen LogP contribution in [-0.2, 0) is 14.3 Å². The van der Waals surface area contributed by atoms with Gasteiger partial charge in [0.05, 0.1) is 12.7 Å². The average molecular weight is 231 g/mol. The third-order valence-corrected chi connectivity index (χ3v) is 3.25. The second kappa shape index (κ2) is 6.18. The Kier molecular flexibility index (Phi) is 5.18. The summed E-state index contributed by atoms with van der Waals surface area (Å²) in [5.74, 6) is -0.824. The third kappa shape index (κ3) is 2.72. The van der Waals surface area contributed by atoms with Gasteiger partial charge in [-0.15, -0.1) is 0 Å². The summed E-state index contributed by atoms with van der Waals surface area (Å²) in [5, 5.41) is 12.5. The van der Waals surface area contributed by atoms with Crippen molar-refractivity contribution in [2.24, 2.45) is 0 Å². The maximum atomic E-state index is 11.5. The Labute approximate surface area is 96.1 Å². The minimum atomic E-state index is -0.939. The van der Waals surface area contributed by atoms with E-state index in [0.29, 0.717) is 19.6 Å². The number of carbonyl (C=O) groups is 1. The molecule has 5 nitrogen and oxygen atoms in total. The number of nitrogens with one attached hydrogen (secondary N) is 1. The van der Waals surface area contributed by atoms with Crippen LogP contribution in [0.15, 0.2) is 0 Å². The Hall–Kier alpha value is -0.650. The van der Waals surface area contributed by atoms with Crippen LogP contribution in [-0.4, -0.2) is 50.1 Å². The first-order valence-corrected chi connectivity index (χ1v) is 5.67. The molecule has 2 atom stereocenters. The quantitative estimate of drug-likeness (QED) is 0.656. The molecular weight excluding hydrogens is 210 g/mol. The largest absolute Gasteiger partial charge is 0.480 e. The third-order valence-electron chi connectivity index (χ3n) is 3.25. The van der Waals surface area contributed by atoms with Gasteiger partial charge in [0.1, 0.15) is 5.54 Å². The van der Waals surface area contributed by atoms with Gasteiger partial charge < -0.3 is 14.6 Å². The van der Waals surface area contributed by atoms with Gasteiger partial charge in [-0.3, -0.25) is 10.1 Å². The monoisotopic (exact) mass is 231 g/mol. The number of carboxylic acid groups (broad SMARTS) is 1. The van der Waals surface area contributed by atoms with Crippen LogP contribution in [0, 0.1) is 0 Å². The summed E-state index contributed by atoms with van der Waals surface area (Å²) >= 11 is 0. The first-order valence-electron chi connectivity index (χ1n) is 5.67. The summed E-state index contributed by atoms with van der Waals surface area (Å²) in [6.07, 6.45) is 3.11. The Morgan fingerprint density at radius 2 is 2.25 bits per heavy atom. The summed E-state index contributed by atoms with van der Waals surface area (Å²) in [7, 11) is 3.18. The topological polar surface area (TPSA) is 67.8 Å². The highest BCUT2D eigenvalue weighted by Gasteiger charge is 2.47. The number of methoxy groups -OCH3 is 2. The fourth-order valence-electron chi connectivity index (χ4n) is 2.36. The van der Waals surface area contributed by atoms with E-state index in [1.807, 2.05) is 0 Å². The van der Waals surface area contributed by atoms with E-state index in [2.05, 4.69) is 5.32 Å². The molecule has 1 saturated carbocycles. The molecule has 0 aromatic rings. The Bertz CT molecular complexity index is 234. The van der Waals surface area contributed by atoms with Crippen LogP contribution in [0.2, 0.25) is 0 Å². The summed E-state index contributed by atoms with van der Waals surface area (Å²) < 4.78 is 10.2. The van der Waals surface area contributed by atoms with Crippen LogP contribution in [0.3, 0.4) is 0 Å². The Morgan fingerprint density at radius 3 is 2.81 bits per heavy atom. The summed E-state index contributed by atoms with van der Waals surface area (Å²) in [4.78, 5) is 11.5. The zero-order valence-corrected chi connectivity index (χ0v) is 9.99. The van der Waals surface area contributed by atoms with Crippen molar-refractivity contribution in [3.8, 4) is 0 Å². The molecule has 1 fully saturated rings. The lowest BCUT2D eigenvalue weighted by atomic mass is 9.79. The SMILES string of the molecule is COCCNC1(C(=O)O)CCCCC1OC. The summed E-state index contributed by atoms with van der Waals surface area (Å²) in [6, 6.07) is 0. The molecule has 0 saturated heterocycles. The minimum Gasteiger partial charge on any atom is -0.480 e. The van der Waals surface area contributed by atoms with Crippen molar-refractivity contribution < 1.29 is 19.4 Å².